The monoisotopic (exact) mass is 961 g/mol. The van der Waals surface area contributed by atoms with E-state index in [0.717, 1.165) is 55.6 Å². The maximum absolute atomic E-state index is 15.6. The van der Waals surface area contributed by atoms with Crippen molar-refractivity contribution in [3.63, 3.8) is 0 Å². The topological polar surface area (TPSA) is 9.72 Å². The normalized spacial score (nSPS) is 13.4. The van der Waals surface area contributed by atoms with Gasteiger partial charge in [0, 0.05) is 63.7 Å². The van der Waals surface area contributed by atoms with Gasteiger partial charge in [-0.15, -0.1) is 22.7 Å². The highest BCUT2D eigenvalue weighted by molar-refractivity contribution is 7.40. The molecule has 0 radical (unpaired) electrons. The average molecular weight is 962 g/mol. The van der Waals surface area contributed by atoms with Crippen molar-refractivity contribution in [3.05, 3.63) is 204 Å². The van der Waals surface area contributed by atoms with Crippen molar-refractivity contribution in [1.29, 1.82) is 0 Å². The quantitative estimate of drug-likeness (QED) is 0.154. The summed E-state index contributed by atoms with van der Waals surface area (Å²) < 4.78 is 20.3. The van der Waals surface area contributed by atoms with Gasteiger partial charge < -0.3 is 14.7 Å². The number of nitrogens with zero attached hydrogens (tertiary/aromatic N) is 3. The third-order valence-corrected chi connectivity index (χ3v) is 17.0. The molecular weight excluding hydrogens is 905 g/mol. The summed E-state index contributed by atoms with van der Waals surface area (Å²) in [5.41, 5.74) is 17.2. The largest absolute Gasteiger partial charge is 0.310 e. The molecule has 350 valence electrons. The Morgan fingerprint density at radius 2 is 0.958 bits per heavy atom. The molecule has 7 heteroatoms. The maximum Gasteiger partial charge on any atom is 0.277 e. The van der Waals surface area contributed by atoms with Crippen LogP contribution in [0.15, 0.2) is 182 Å². The van der Waals surface area contributed by atoms with Gasteiger partial charge in [0.1, 0.15) is 5.82 Å². The summed E-state index contributed by atoms with van der Waals surface area (Å²) in [5.74, 6) is -0.224. The lowest BCUT2D eigenvalue weighted by Crippen LogP contribution is -2.59. The molecule has 71 heavy (non-hydrogen) atoms. The van der Waals surface area contributed by atoms with Crippen LogP contribution in [0.1, 0.15) is 79.0 Å². The fourth-order valence-corrected chi connectivity index (χ4v) is 13.5. The van der Waals surface area contributed by atoms with Crippen LogP contribution in [0.25, 0.3) is 31.3 Å². The van der Waals surface area contributed by atoms with Gasteiger partial charge in [-0.2, -0.15) is 0 Å². The zero-order chi connectivity index (χ0) is 49.1. The number of fused-ring (bicyclic) bond motifs is 8. The Morgan fingerprint density at radius 3 is 1.56 bits per heavy atom. The highest BCUT2D eigenvalue weighted by Crippen LogP contribution is 2.54. The van der Waals surface area contributed by atoms with Gasteiger partial charge >= 0.3 is 0 Å². The van der Waals surface area contributed by atoms with E-state index in [2.05, 4.69) is 241 Å². The molecule has 3 nitrogen and oxygen atoms in total. The predicted octanol–water partition coefficient (Wildman–Crippen LogP) is 17.4. The lowest BCUT2D eigenvalue weighted by molar-refractivity contribution is 0.590. The van der Waals surface area contributed by atoms with E-state index in [0.29, 0.717) is 0 Å². The molecule has 10 aromatic rings. The van der Waals surface area contributed by atoms with E-state index in [4.69, 9.17) is 0 Å². The fourth-order valence-electron chi connectivity index (χ4n) is 10.8. The van der Waals surface area contributed by atoms with Crippen LogP contribution in [0.3, 0.4) is 0 Å². The second-order valence-corrected chi connectivity index (χ2v) is 24.6. The Bertz CT molecular complexity index is 3630. The molecule has 0 aliphatic carbocycles. The summed E-state index contributed by atoms with van der Waals surface area (Å²) in [4.78, 5) is 7.53. The minimum atomic E-state index is -0.224. The molecule has 0 unspecified atom stereocenters. The molecule has 4 heterocycles. The van der Waals surface area contributed by atoms with Crippen molar-refractivity contribution in [1.82, 2.24) is 0 Å². The average Bonchev–Trinajstić information content (AvgIpc) is 3.92. The number of para-hydroxylation sites is 2. The van der Waals surface area contributed by atoms with Crippen molar-refractivity contribution in [2.75, 3.05) is 14.7 Å². The number of halogens is 1. The van der Waals surface area contributed by atoms with Crippen LogP contribution in [-0.2, 0) is 16.2 Å². The predicted molar refractivity (Wildman–Crippen MR) is 307 cm³/mol. The Balaban J connectivity index is 1.27. The van der Waals surface area contributed by atoms with Crippen molar-refractivity contribution in [2.24, 2.45) is 0 Å². The number of hydrogen-bond acceptors (Lipinski definition) is 5. The molecule has 0 amide bonds. The van der Waals surface area contributed by atoms with Crippen LogP contribution in [-0.4, -0.2) is 6.71 Å². The SMILES string of the molecule is CC(C)(C)c1ccc(N2c3cc(N(c4ccccc4)c4ccccc4)cc4c3B(c3sc5cc(F)ccc5c32)c2sc3ccc(C(C)(C)C)cc3c2N4c2ccc(C(C)(C)C)cc2-c2ccccc2)cc1. The van der Waals surface area contributed by atoms with Crippen molar-refractivity contribution in [3.8, 4) is 11.1 Å². The molecule has 0 saturated carbocycles. The van der Waals surface area contributed by atoms with Gasteiger partial charge in [0.05, 0.1) is 22.7 Å². The van der Waals surface area contributed by atoms with Gasteiger partial charge in [-0.1, -0.05) is 153 Å². The highest BCUT2D eigenvalue weighted by atomic mass is 32.1. The van der Waals surface area contributed by atoms with Gasteiger partial charge in [0.2, 0.25) is 0 Å². The molecule has 0 bridgehead atoms. The van der Waals surface area contributed by atoms with Crippen LogP contribution in [0.2, 0.25) is 0 Å². The summed E-state index contributed by atoms with van der Waals surface area (Å²) in [5, 5.41) is 2.29. The first-order valence-corrected chi connectivity index (χ1v) is 26.4. The van der Waals surface area contributed by atoms with Crippen molar-refractivity contribution < 1.29 is 4.39 Å². The summed E-state index contributed by atoms with van der Waals surface area (Å²) in [6, 6.07) is 66.2. The summed E-state index contributed by atoms with van der Waals surface area (Å²) in [6.07, 6.45) is 0. The zero-order valence-electron chi connectivity index (χ0n) is 41.9. The third kappa shape index (κ3) is 7.59. The molecule has 8 aromatic carbocycles. The van der Waals surface area contributed by atoms with E-state index in [1.165, 1.54) is 58.6 Å². The van der Waals surface area contributed by atoms with Gasteiger partial charge in [-0.3, -0.25) is 0 Å². The maximum atomic E-state index is 15.6. The van der Waals surface area contributed by atoms with E-state index >= 15 is 4.39 Å². The van der Waals surface area contributed by atoms with Crippen molar-refractivity contribution in [2.45, 2.75) is 78.6 Å². The Labute approximate surface area is 426 Å². The summed E-state index contributed by atoms with van der Waals surface area (Å²) in [6.45, 7) is 20.5. The Kier molecular flexibility index (Phi) is 10.6. The molecule has 2 aliphatic rings. The van der Waals surface area contributed by atoms with Crippen LogP contribution in [0.4, 0.5) is 55.6 Å². The van der Waals surface area contributed by atoms with Crippen LogP contribution in [0.5, 0.6) is 0 Å². The van der Waals surface area contributed by atoms with Gasteiger partial charge in [-0.25, -0.2) is 4.39 Å². The summed E-state index contributed by atoms with van der Waals surface area (Å²) >= 11 is 3.65. The first-order valence-electron chi connectivity index (χ1n) is 24.8. The van der Waals surface area contributed by atoms with Gasteiger partial charge in [-0.05, 0) is 135 Å². The number of hydrogen-bond donors (Lipinski definition) is 0. The smallest absolute Gasteiger partial charge is 0.277 e. The molecule has 0 saturated heterocycles. The second-order valence-electron chi connectivity index (χ2n) is 22.4. The second kappa shape index (κ2) is 16.6. The Morgan fingerprint density at radius 1 is 0.437 bits per heavy atom. The van der Waals surface area contributed by atoms with E-state index in [9.17, 15) is 0 Å². The van der Waals surface area contributed by atoms with Crippen molar-refractivity contribution >= 4 is 116 Å². The molecule has 0 atom stereocenters. The highest BCUT2D eigenvalue weighted by Gasteiger charge is 2.48. The minimum Gasteiger partial charge on any atom is -0.310 e. The van der Waals surface area contributed by atoms with Gasteiger partial charge in [0.15, 0.2) is 0 Å². The summed E-state index contributed by atoms with van der Waals surface area (Å²) in [7, 11) is 0. The number of benzene rings is 8. The molecule has 2 aromatic heterocycles. The fraction of sp³-hybridized carbons (Fsp3) is 0.188. The van der Waals surface area contributed by atoms with Crippen LogP contribution in [0, 0.1) is 5.82 Å². The number of anilines is 9. The standard InChI is InChI=1S/C64H57BFN3S2/c1-62(2,3)41-25-30-47(31-26-41)68-53-38-48(67(45-21-15-11-16-22-45)46-23-17-12-18-24-46)39-54-57(53)65(60-58(68)49-32-29-44(66)37-56(49)71-60)61-59(51-36-43(64(7,8)9)28-34-55(51)70-61)69(54)52-33-27-42(63(4,5)6)35-50(52)40-19-13-10-14-20-40/h10-39H,1-9H3. The van der Waals surface area contributed by atoms with Crippen LogP contribution >= 0.6 is 22.7 Å². The molecular formula is C64H57BFN3S2. The molecule has 0 spiro atoms. The number of thiophene rings is 2. The van der Waals surface area contributed by atoms with Crippen LogP contribution < -0.4 is 29.7 Å². The lowest BCUT2D eigenvalue weighted by Gasteiger charge is -2.43. The van der Waals surface area contributed by atoms with E-state index in [1.807, 2.05) is 17.4 Å². The van der Waals surface area contributed by atoms with Gasteiger partial charge in [0.25, 0.3) is 6.71 Å². The lowest BCUT2D eigenvalue weighted by atomic mass is 9.39. The molecule has 2 aliphatic heterocycles. The van der Waals surface area contributed by atoms with E-state index in [-0.39, 0.29) is 28.8 Å². The Hall–Kier alpha value is -6.93. The molecule has 12 rings (SSSR count). The van der Waals surface area contributed by atoms with E-state index < -0.39 is 0 Å². The molecule has 0 N–H and O–H groups in total. The number of rotatable bonds is 6. The first kappa shape index (κ1) is 45.2. The first-order chi connectivity index (χ1) is 34.0. The minimum absolute atomic E-state index is 0.0296. The van der Waals surface area contributed by atoms with E-state index in [1.54, 1.807) is 23.5 Å². The third-order valence-electron chi connectivity index (χ3n) is 14.5. The zero-order valence-corrected chi connectivity index (χ0v) is 43.6. The molecule has 0 fully saturated rings.